The van der Waals surface area contributed by atoms with E-state index in [-0.39, 0.29) is 0 Å². The Balaban J connectivity index is 2.57. The molecule has 15 heavy (non-hydrogen) atoms. The highest BCUT2D eigenvalue weighted by Gasteiger charge is 1.95. The lowest BCUT2D eigenvalue weighted by Crippen LogP contribution is -2.08. The highest BCUT2D eigenvalue weighted by molar-refractivity contribution is 6.25. The number of rotatable bonds is 4. The lowest BCUT2D eigenvalue weighted by Gasteiger charge is -2.13. The average molecular weight is 225 g/mol. The fraction of sp³-hybridized carbons (Fsp3) is 0.333. The molecule has 0 aliphatic rings. The summed E-state index contributed by atoms with van der Waals surface area (Å²) in [6.07, 6.45) is 0. The van der Waals surface area contributed by atoms with Gasteiger partial charge in [-0.3, -0.25) is 0 Å². The molecule has 0 aliphatic heterocycles. The van der Waals surface area contributed by atoms with Crippen LogP contribution in [0.4, 0.5) is 11.4 Å². The summed E-state index contributed by atoms with van der Waals surface area (Å²) in [5.41, 5.74) is 5.03. The van der Waals surface area contributed by atoms with Crippen LogP contribution in [0.5, 0.6) is 0 Å². The molecule has 0 aliphatic carbocycles. The van der Waals surface area contributed by atoms with E-state index in [1.54, 1.807) is 5.54 Å². The summed E-state index contributed by atoms with van der Waals surface area (Å²) in [6.45, 7) is 2.78. The molecule has 82 valence electrons. The predicted molar refractivity (Wildman–Crippen MR) is 68.9 cm³/mol. The van der Waals surface area contributed by atoms with Gasteiger partial charge < -0.3 is 10.2 Å². The van der Waals surface area contributed by atoms with Gasteiger partial charge in [0.1, 0.15) is 0 Å². The summed E-state index contributed by atoms with van der Waals surface area (Å²) in [6, 6.07) is 8.30. The minimum atomic E-state index is 0.783. The Morgan fingerprint density at radius 2 is 1.93 bits per heavy atom. The first-order valence-electron chi connectivity index (χ1n) is 4.90. The average Bonchev–Trinajstić information content (AvgIpc) is 2.26. The Hall–Kier alpha value is -1.15. The van der Waals surface area contributed by atoms with Crippen molar-refractivity contribution < 1.29 is 0 Å². The van der Waals surface area contributed by atoms with Crippen LogP contribution < -0.4 is 10.2 Å². The third kappa shape index (κ3) is 3.84. The Labute approximate surface area is 96.5 Å². The number of hydrogen-bond donors (Lipinski definition) is 1. The van der Waals surface area contributed by atoms with Gasteiger partial charge in [-0.2, -0.15) is 0 Å². The second kappa shape index (κ2) is 5.66. The molecule has 0 saturated carbocycles. The summed E-state index contributed by atoms with van der Waals surface area (Å²) in [7, 11) is 4.06. The largest absolute Gasteiger partial charge is 0.381 e. The lowest BCUT2D eigenvalue weighted by atomic mass is 10.2. The van der Waals surface area contributed by atoms with Crippen LogP contribution in [0.3, 0.4) is 0 Å². The topological polar surface area (TPSA) is 15.3 Å². The van der Waals surface area contributed by atoms with Gasteiger partial charge in [-0.25, -0.2) is 0 Å². The highest BCUT2D eigenvalue weighted by atomic mass is 35.5. The van der Waals surface area contributed by atoms with E-state index in [0.29, 0.717) is 0 Å². The SMILES string of the molecule is C/C(=C\Cl)CNc1ccc(N(C)C)cc1. The Morgan fingerprint density at radius 3 is 2.40 bits per heavy atom. The third-order valence-corrected chi connectivity index (χ3v) is 2.51. The standard InChI is InChI=1S/C12H17ClN2/c1-10(8-13)9-14-11-4-6-12(7-5-11)15(2)3/h4-8,14H,9H2,1-3H3/b10-8+. The minimum absolute atomic E-state index is 0.783. The quantitative estimate of drug-likeness (QED) is 0.844. The van der Waals surface area contributed by atoms with Crippen molar-refractivity contribution in [2.45, 2.75) is 6.92 Å². The normalized spacial score (nSPS) is 11.3. The smallest absolute Gasteiger partial charge is 0.0369 e. The van der Waals surface area contributed by atoms with E-state index in [1.807, 2.05) is 21.0 Å². The molecule has 0 aromatic heterocycles. The molecule has 0 heterocycles. The van der Waals surface area contributed by atoms with Crippen molar-refractivity contribution in [3.05, 3.63) is 35.4 Å². The zero-order valence-electron chi connectivity index (χ0n) is 9.42. The molecule has 0 spiro atoms. The van der Waals surface area contributed by atoms with Gasteiger partial charge >= 0.3 is 0 Å². The fourth-order valence-corrected chi connectivity index (χ4v) is 1.23. The first kappa shape index (κ1) is 11.9. The molecule has 0 unspecified atom stereocenters. The number of anilines is 2. The van der Waals surface area contributed by atoms with Crippen molar-refractivity contribution in [3.8, 4) is 0 Å². The van der Waals surface area contributed by atoms with Gasteiger partial charge in [0.05, 0.1) is 0 Å². The fourth-order valence-electron chi connectivity index (χ4n) is 1.16. The molecule has 0 fully saturated rings. The first-order valence-corrected chi connectivity index (χ1v) is 5.34. The van der Waals surface area contributed by atoms with Gasteiger partial charge in [-0.1, -0.05) is 11.6 Å². The predicted octanol–water partition coefficient (Wildman–Crippen LogP) is 3.31. The van der Waals surface area contributed by atoms with Crippen molar-refractivity contribution in [2.24, 2.45) is 0 Å². The second-order valence-electron chi connectivity index (χ2n) is 3.75. The van der Waals surface area contributed by atoms with Crippen molar-refractivity contribution in [1.29, 1.82) is 0 Å². The van der Waals surface area contributed by atoms with E-state index < -0.39 is 0 Å². The maximum atomic E-state index is 5.58. The Bertz CT molecular complexity index is 328. The first-order chi connectivity index (χ1) is 7.13. The van der Waals surface area contributed by atoms with E-state index in [4.69, 9.17) is 11.6 Å². The monoisotopic (exact) mass is 224 g/mol. The van der Waals surface area contributed by atoms with E-state index >= 15 is 0 Å². The Kier molecular flexibility index (Phi) is 4.50. The zero-order chi connectivity index (χ0) is 11.3. The van der Waals surface area contributed by atoms with Crippen LogP contribution in [-0.2, 0) is 0 Å². The van der Waals surface area contributed by atoms with Gasteiger partial charge in [0, 0.05) is 37.6 Å². The molecule has 0 bridgehead atoms. The number of benzene rings is 1. The van der Waals surface area contributed by atoms with Gasteiger partial charge in [-0.05, 0) is 36.8 Å². The second-order valence-corrected chi connectivity index (χ2v) is 3.97. The van der Waals surface area contributed by atoms with Crippen LogP contribution in [0, 0.1) is 0 Å². The minimum Gasteiger partial charge on any atom is -0.381 e. The van der Waals surface area contributed by atoms with E-state index in [1.165, 1.54) is 5.69 Å². The molecule has 0 amide bonds. The summed E-state index contributed by atoms with van der Waals surface area (Å²) >= 11 is 5.58. The van der Waals surface area contributed by atoms with Gasteiger partial charge in [0.25, 0.3) is 0 Å². The van der Waals surface area contributed by atoms with E-state index in [0.717, 1.165) is 17.8 Å². The van der Waals surface area contributed by atoms with Crippen LogP contribution >= 0.6 is 11.6 Å². The molecule has 0 radical (unpaired) electrons. The van der Waals surface area contributed by atoms with Crippen molar-refractivity contribution in [3.63, 3.8) is 0 Å². The van der Waals surface area contributed by atoms with E-state index in [9.17, 15) is 0 Å². The molecule has 1 N–H and O–H groups in total. The number of hydrogen-bond acceptors (Lipinski definition) is 2. The molecule has 1 aromatic carbocycles. The summed E-state index contributed by atoms with van der Waals surface area (Å²) in [4.78, 5) is 2.08. The van der Waals surface area contributed by atoms with Crippen LogP contribution in [0.2, 0.25) is 0 Å². The van der Waals surface area contributed by atoms with Gasteiger partial charge in [0.2, 0.25) is 0 Å². The maximum Gasteiger partial charge on any atom is 0.0369 e. The van der Waals surface area contributed by atoms with Crippen LogP contribution in [-0.4, -0.2) is 20.6 Å². The van der Waals surface area contributed by atoms with Crippen LogP contribution in [0.1, 0.15) is 6.92 Å². The van der Waals surface area contributed by atoms with E-state index in [2.05, 4.69) is 34.5 Å². The summed E-state index contributed by atoms with van der Waals surface area (Å²) in [5, 5.41) is 3.29. The zero-order valence-corrected chi connectivity index (χ0v) is 10.2. The molecule has 1 rings (SSSR count). The maximum absolute atomic E-state index is 5.58. The van der Waals surface area contributed by atoms with Crippen LogP contribution in [0.15, 0.2) is 35.4 Å². The summed E-state index contributed by atoms with van der Waals surface area (Å²) in [5.74, 6) is 0. The Morgan fingerprint density at radius 1 is 1.33 bits per heavy atom. The summed E-state index contributed by atoms with van der Waals surface area (Å²) < 4.78 is 0. The van der Waals surface area contributed by atoms with Crippen molar-refractivity contribution in [2.75, 3.05) is 30.9 Å². The molecule has 0 saturated heterocycles. The van der Waals surface area contributed by atoms with Crippen molar-refractivity contribution in [1.82, 2.24) is 0 Å². The highest BCUT2D eigenvalue weighted by Crippen LogP contribution is 2.15. The molecular weight excluding hydrogens is 208 g/mol. The van der Waals surface area contributed by atoms with Gasteiger partial charge in [-0.15, -0.1) is 0 Å². The molecule has 2 nitrogen and oxygen atoms in total. The molecule has 0 atom stereocenters. The van der Waals surface area contributed by atoms with Crippen molar-refractivity contribution >= 4 is 23.0 Å². The van der Waals surface area contributed by atoms with Crippen LogP contribution in [0.25, 0.3) is 0 Å². The van der Waals surface area contributed by atoms with Gasteiger partial charge in [0.15, 0.2) is 0 Å². The molecular formula is C12H17ClN2. The molecule has 1 aromatic rings. The molecule has 3 heteroatoms. The third-order valence-electron chi connectivity index (χ3n) is 2.14. The number of halogens is 1. The lowest BCUT2D eigenvalue weighted by molar-refractivity contribution is 1.13. The number of nitrogens with zero attached hydrogens (tertiary/aromatic N) is 1. The number of nitrogens with one attached hydrogen (secondary N) is 1.